The zero-order valence-corrected chi connectivity index (χ0v) is 18.4. The van der Waals surface area contributed by atoms with Gasteiger partial charge in [0.2, 0.25) is 0 Å². The Hall–Kier alpha value is -3.03. The van der Waals surface area contributed by atoms with Crippen LogP contribution in [0, 0.1) is 0 Å². The molecule has 8 heteroatoms. The number of hydrogen-bond donors (Lipinski definition) is 1. The third kappa shape index (κ3) is 4.24. The lowest BCUT2D eigenvalue weighted by atomic mass is 10.2. The number of nitrogens with one attached hydrogen (secondary N) is 1. The fourth-order valence-electron chi connectivity index (χ4n) is 3.52. The highest BCUT2D eigenvalue weighted by molar-refractivity contribution is 7.93. The molecule has 0 fully saturated rings. The number of anilines is 2. The summed E-state index contributed by atoms with van der Waals surface area (Å²) in [7, 11) is -3.92. The lowest BCUT2D eigenvalue weighted by Gasteiger charge is -2.20. The first-order valence-electron chi connectivity index (χ1n) is 9.84. The van der Waals surface area contributed by atoms with Gasteiger partial charge in [-0.3, -0.25) is 9.10 Å². The molecule has 1 amide bonds. The van der Waals surface area contributed by atoms with Crippen LogP contribution in [-0.2, 0) is 16.4 Å². The molecule has 6 nitrogen and oxygen atoms in total. The minimum Gasteiger partial charge on any atom is -0.494 e. The van der Waals surface area contributed by atoms with E-state index in [9.17, 15) is 13.2 Å². The second kappa shape index (κ2) is 8.61. The normalized spacial score (nSPS) is 13.0. The van der Waals surface area contributed by atoms with Crippen molar-refractivity contribution in [1.82, 2.24) is 0 Å². The molecule has 1 aliphatic rings. The van der Waals surface area contributed by atoms with Crippen molar-refractivity contribution in [3.8, 4) is 5.75 Å². The summed E-state index contributed by atoms with van der Waals surface area (Å²) < 4.78 is 33.4. The first-order valence-corrected chi connectivity index (χ1v) is 11.7. The maximum Gasteiger partial charge on any atom is 0.265 e. The van der Waals surface area contributed by atoms with Crippen LogP contribution in [0.4, 0.5) is 11.4 Å². The fourth-order valence-corrected chi connectivity index (χ4v) is 5.53. The van der Waals surface area contributed by atoms with Gasteiger partial charge < -0.3 is 10.1 Å². The van der Waals surface area contributed by atoms with Gasteiger partial charge in [0, 0.05) is 17.8 Å². The Balaban J connectivity index is 1.60. The van der Waals surface area contributed by atoms with Crippen LogP contribution < -0.4 is 14.4 Å². The van der Waals surface area contributed by atoms with E-state index in [2.05, 4.69) is 5.32 Å². The van der Waals surface area contributed by atoms with Gasteiger partial charge in [0.1, 0.15) is 10.6 Å². The van der Waals surface area contributed by atoms with Crippen molar-refractivity contribution in [3.63, 3.8) is 0 Å². The maximum absolute atomic E-state index is 13.3. The molecule has 0 aliphatic carbocycles. The summed E-state index contributed by atoms with van der Waals surface area (Å²) in [4.78, 5) is 12.6. The lowest BCUT2D eigenvalue weighted by Crippen LogP contribution is -2.29. The Morgan fingerprint density at radius 1 is 1.10 bits per heavy atom. The van der Waals surface area contributed by atoms with E-state index < -0.39 is 15.9 Å². The minimum atomic E-state index is -3.92. The zero-order valence-electron chi connectivity index (χ0n) is 16.8. The Morgan fingerprint density at radius 3 is 2.58 bits per heavy atom. The van der Waals surface area contributed by atoms with Gasteiger partial charge in [0.05, 0.1) is 17.3 Å². The van der Waals surface area contributed by atoms with Gasteiger partial charge in [-0.25, -0.2) is 8.42 Å². The van der Waals surface area contributed by atoms with Crippen molar-refractivity contribution in [3.05, 3.63) is 82.9 Å². The predicted molar refractivity (Wildman–Crippen MR) is 122 cm³/mol. The van der Waals surface area contributed by atoms with Crippen molar-refractivity contribution in [1.29, 1.82) is 0 Å². The minimum absolute atomic E-state index is 0.0713. The molecule has 0 saturated carbocycles. The third-order valence-electron chi connectivity index (χ3n) is 5.03. The number of carbonyl (C=O) groups is 1. The maximum atomic E-state index is 13.3. The highest BCUT2D eigenvalue weighted by Gasteiger charge is 2.32. The molecule has 0 saturated heterocycles. The number of sulfonamides is 1. The number of hydrogen-bond acceptors (Lipinski definition) is 4. The van der Waals surface area contributed by atoms with Gasteiger partial charge >= 0.3 is 0 Å². The molecular weight excluding hydrogens is 436 g/mol. The molecular formula is C23H21ClN2O4S. The van der Waals surface area contributed by atoms with Crippen LogP contribution in [0.5, 0.6) is 5.75 Å². The van der Waals surface area contributed by atoms with Crippen LogP contribution in [-0.4, -0.2) is 27.5 Å². The summed E-state index contributed by atoms with van der Waals surface area (Å²) in [5, 5.41) is 2.84. The van der Waals surface area contributed by atoms with E-state index in [1.807, 2.05) is 19.1 Å². The van der Waals surface area contributed by atoms with Gasteiger partial charge in [-0.1, -0.05) is 29.8 Å². The van der Waals surface area contributed by atoms with E-state index in [-0.39, 0.29) is 15.5 Å². The van der Waals surface area contributed by atoms with E-state index in [0.717, 1.165) is 5.56 Å². The summed E-state index contributed by atoms with van der Waals surface area (Å²) in [5.74, 6) is 0.269. The monoisotopic (exact) mass is 456 g/mol. The van der Waals surface area contributed by atoms with Crippen LogP contribution >= 0.6 is 11.6 Å². The molecule has 4 rings (SSSR count). The Morgan fingerprint density at radius 2 is 1.84 bits per heavy atom. The van der Waals surface area contributed by atoms with Gasteiger partial charge in [-0.15, -0.1) is 0 Å². The van der Waals surface area contributed by atoms with Crippen molar-refractivity contribution in [2.75, 3.05) is 22.8 Å². The topological polar surface area (TPSA) is 75.7 Å². The summed E-state index contributed by atoms with van der Waals surface area (Å²) in [5.41, 5.74) is 2.38. The molecule has 160 valence electrons. The third-order valence-corrected chi connectivity index (χ3v) is 7.32. The molecule has 0 aromatic heterocycles. The largest absolute Gasteiger partial charge is 0.494 e. The number of benzene rings is 3. The van der Waals surface area contributed by atoms with Crippen LogP contribution in [0.3, 0.4) is 0 Å². The Bertz CT molecular complexity index is 1230. The number of carbonyl (C=O) groups excluding carboxylic acids is 1. The first-order chi connectivity index (χ1) is 14.9. The van der Waals surface area contributed by atoms with Crippen molar-refractivity contribution >= 4 is 38.9 Å². The van der Waals surface area contributed by atoms with E-state index >= 15 is 0 Å². The first kappa shape index (κ1) is 21.2. The van der Waals surface area contributed by atoms with Gasteiger partial charge in [0.25, 0.3) is 15.9 Å². The highest BCUT2D eigenvalue weighted by Crippen LogP contribution is 2.35. The highest BCUT2D eigenvalue weighted by atomic mass is 35.5. The number of rotatable bonds is 6. The molecule has 1 heterocycles. The van der Waals surface area contributed by atoms with E-state index in [1.165, 1.54) is 22.5 Å². The van der Waals surface area contributed by atoms with Crippen LogP contribution in [0.15, 0.2) is 71.6 Å². The predicted octanol–water partition coefficient (Wildman–Crippen LogP) is 4.74. The standard InChI is InChI=1S/C23H21ClN2O4S/c1-2-30-19-10-8-18(9-11-19)25-23(27)17-7-12-20(24)22(15-17)31(28,29)26-14-13-16-5-3-4-6-21(16)26/h3-12,15H,2,13-14H2,1H3,(H,25,27). The molecule has 0 unspecified atom stereocenters. The van der Waals surface area contributed by atoms with Crippen LogP contribution in [0.1, 0.15) is 22.8 Å². The lowest BCUT2D eigenvalue weighted by molar-refractivity contribution is 0.102. The van der Waals surface area contributed by atoms with Crippen LogP contribution in [0.25, 0.3) is 0 Å². The molecule has 3 aromatic carbocycles. The molecule has 31 heavy (non-hydrogen) atoms. The molecule has 0 radical (unpaired) electrons. The quantitative estimate of drug-likeness (QED) is 0.581. The summed E-state index contributed by atoms with van der Waals surface area (Å²) in [6, 6.07) is 18.6. The van der Waals surface area contributed by atoms with E-state index in [4.69, 9.17) is 16.3 Å². The van der Waals surface area contributed by atoms with Gasteiger partial charge in [-0.2, -0.15) is 0 Å². The molecule has 0 bridgehead atoms. The van der Waals surface area contributed by atoms with Crippen molar-refractivity contribution < 1.29 is 17.9 Å². The number of para-hydroxylation sites is 1. The molecule has 0 atom stereocenters. The Labute approximate surface area is 186 Å². The number of nitrogens with zero attached hydrogens (tertiary/aromatic N) is 1. The zero-order chi connectivity index (χ0) is 22.0. The smallest absolute Gasteiger partial charge is 0.265 e. The average molecular weight is 457 g/mol. The second-order valence-corrected chi connectivity index (χ2v) is 9.25. The van der Waals surface area contributed by atoms with Crippen LogP contribution in [0.2, 0.25) is 5.02 Å². The fraction of sp³-hybridized carbons (Fsp3) is 0.174. The van der Waals surface area contributed by atoms with E-state index in [1.54, 1.807) is 36.4 Å². The van der Waals surface area contributed by atoms with Gasteiger partial charge in [0.15, 0.2) is 0 Å². The number of fused-ring (bicyclic) bond motifs is 1. The molecule has 3 aromatic rings. The SMILES string of the molecule is CCOc1ccc(NC(=O)c2ccc(Cl)c(S(=O)(=O)N3CCc4ccccc43)c2)cc1. The molecule has 1 aliphatic heterocycles. The summed E-state index contributed by atoms with van der Waals surface area (Å²) >= 11 is 6.25. The summed E-state index contributed by atoms with van der Waals surface area (Å²) in [6.45, 7) is 2.78. The number of amides is 1. The average Bonchev–Trinajstić information content (AvgIpc) is 3.20. The second-order valence-electron chi connectivity index (χ2n) is 7.01. The Kier molecular flexibility index (Phi) is 5.89. The van der Waals surface area contributed by atoms with Crippen molar-refractivity contribution in [2.24, 2.45) is 0 Å². The number of ether oxygens (including phenoxy) is 1. The summed E-state index contributed by atoms with van der Waals surface area (Å²) in [6.07, 6.45) is 0.630. The van der Waals surface area contributed by atoms with E-state index in [0.29, 0.717) is 36.7 Å². The van der Waals surface area contributed by atoms with Crippen molar-refractivity contribution in [2.45, 2.75) is 18.2 Å². The molecule has 0 spiro atoms. The molecule has 1 N–H and O–H groups in total. The van der Waals surface area contributed by atoms with Gasteiger partial charge in [-0.05, 0) is 67.4 Å². The number of halogens is 1.